The van der Waals surface area contributed by atoms with Crippen LogP contribution in [0.4, 0.5) is 17.8 Å². The summed E-state index contributed by atoms with van der Waals surface area (Å²) in [6, 6.07) is 3.37. The molecule has 31 heavy (non-hydrogen) atoms. The molecular weight excluding hydrogens is 437 g/mol. The number of hydrogen-bond donors (Lipinski definition) is 1. The fourth-order valence-electron chi connectivity index (χ4n) is 3.93. The maximum atomic E-state index is 6.21. The molecule has 8 nitrogen and oxygen atoms in total. The predicted molar refractivity (Wildman–Crippen MR) is 126 cm³/mol. The Balaban J connectivity index is 1.58. The van der Waals surface area contributed by atoms with Crippen LogP contribution in [0.15, 0.2) is 17.2 Å². The highest BCUT2D eigenvalue weighted by molar-refractivity contribution is 6.36. The van der Waals surface area contributed by atoms with Gasteiger partial charge in [0.15, 0.2) is 0 Å². The van der Waals surface area contributed by atoms with Crippen LogP contribution in [-0.4, -0.2) is 54.5 Å². The smallest absolute Gasteiger partial charge is 0.250 e. The minimum atomic E-state index is 0.416. The van der Waals surface area contributed by atoms with Gasteiger partial charge >= 0.3 is 0 Å². The Bertz CT molecular complexity index is 892. The van der Waals surface area contributed by atoms with Gasteiger partial charge < -0.3 is 14.5 Å². The molecule has 10 heteroatoms. The normalized spacial score (nSPS) is 17.3. The van der Waals surface area contributed by atoms with Crippen molar-refractivity contribution in [2.75, 3.05) is 48.5 Å². The Labute approximate surface area is 192 Å². The summed E-state index contributed by atoms with van der Waals surface area (Å²) < 4.78 is 5.37. The van der Waals surface area contributed by atoms with Crippen LogP contribution in [0.2, 0.25) is 10.0 Å². The van der Waals surface area contributed by atoms with Crippen LogP contribution < -0.4 is 20.0 Å². The van der Waals surface area contributed by atoms with Crippen molar-refractivity contribution in [3.63, 3.8) is 0 Å². The number of piperidine rings is 2. The van der Waals surface area contributed by atoms with Gasteiger partial charge in [0.25, 0.3) is 0 Å². The molecule has 0 atom stereocenters. The second-order valence-corrected chi connectivity index (χ2v) is 8.58. The van der Waals surface area contributed by atoms with E-state index in [1.807, 2.05) is 0 Å². The predicted octanol–water partition coefficient (Wildman–Crippen LogP) is 4.61. The highest BCUT2D eigenvalue weighted by atomic mass is 35.5. The lowest BCUT2D eigenvalue weighted by Crippen LogP contribution is -2.34. The van der Waals surface area contributed by atoms with E-state index < -0.39 is 0 Å². The zero-order chi connectivity index (χ0) is 21.6. The van der Waals surface area contributed by atoms with E-state index in [9.17, 15) is 0 Å². The molecule has 2 aromatic rings. The first-order valence-electron chi connectivity index (χ1n) is 10.7. The van der Waals surface area contributed by atoms with Gasteiger partial charge in [0.2, 0.25) is 17.8 Å². The Hall–Kier alpha value is -2.32. The minimum Gasteiger partial charge on any atom is -0.495 e. The molecule has 0 bridgehead atoms. The molecule has 1 aromatic heterocycles. The Kier molecular flexibility index (Phi) is 7.29. The third kappa shape index (κ3) is 5.49. The number of nitrogens with zero attached hydrogens (tertiary/aromatic N) is 6. The molecule has 4 rings (SSSR count). The molecule has 2 saturated heterocycles. The first-order chi connectivity index (χ1) is 15.1. The number of methoxy groups -OCH3 is 1. The van der Waals surface area contributed by atoms with Gasteiger partial charge in [0, 0.05) is 36.8 Å². The third-order valence-electron chi connectivity index (χ3n) is 5.50. The minimum absolute atomic E-state index is 0.416. The number of hydrazone groups is 1. The van der Waals surface area contributed by atoms with E-state index >= 15 is 0 Å². The molecule has 2 aliphatic heterocycles. The van der Waals surface area contributed by atoms with Crippen LogP contribution in [0.25, 0.3) is 0 Å². The fourth-order valence-corrected chi connectivity index (χ4v) is 4.51. The molecule has 0 spiro atoms. The summed E-state index contributed by atoms with van der Waals surface area (Å²) in [4.78, 5) is 18.5. The summed E-state index contributed by atoms with van der Waals surface area (Å²) >= 11 is 12.3. The van der Waals surface area contributed by atoms with Crippen LogP contribution in [0.5, 0.6) is 5.75 Å². The summed E-state index contributed by atoms with van der Waals surface area (Å²) in [5, 5.41) is 5.25. The van der Waals surface area contributed by atoms with Gasteiger partial charge in [-0.2, -0.15) is 20.1 Å². The lowest BCUT2D eigenvalue weighted by molar-refractivity contribution is 0.414. The maximum Gasteiger partial charge on any atom is 0.250 e. The number of hydrogen-bond acceptors (Lipinski definition) is 8. The highest BCUT2D eigenvalue weighted by Crippen LogP contribution is 2.31. The van der Waals surface area contributed by atoms with Crippen LogP contribution in [0.3, 0.4) is 0 Å². The average molecular weight is 464 g/mol. The van der Waals surface area contributed by atoms with Crippen molar-refractivity contribution in [2.45, 2.75) is 38.5 Å². The lowest BCUT2D eigenvalue weighted by Gasteiger charge is -2.30. The van der Waals surface area contributed by atoms with Crippen molar-refractivity contribution in [3.05, 3.63) is 27.7 Å². The van der Waals surface area contributed by atoms with E-state index in [1.165, 1.54) is 12.8 Å². The number of ether oxygens (including phenoxy) is 1. The van der Waals surface area contributed by atoms with Crippen molar-refractivity contribution in [1.82, 2.24) is 15.0 Å². The SMILES string of the molecule is COc1c(Cl)cc(Cl)cc1/C=N/Nc1nc(N2CCCCC2)nc(N2CCCCC2)n1. The third-order valence-corrected chi connectivity index (χ3v) is 6.00. The highest BCUT2D eigenvalue weighted by Gasteiger charge is 2.20. The second-order valence-electron chi connectivity index (χ2n) is 7.73. The summed E-state index contributed by atoms with van der Waals surface area (Å²) in [6.07, 6.45) is 8.71. The zero-order valence-electron chi connectivity index (χ0n) is 17.7. The van der Waals surface area contributed by atoms with Crippen LogP contribution in [-0.2, 0) is 0 Å². The van der Waals surface area contributed by atoms with Gasteiger partial charge in [-0.3, -0.25) is 0 Å². The van der Waals surface area contributed by atoms with Crippen molar-refractivity contribution >= 4 is 47.3 Å². The van der Waals surface area contributed by atoms with Crippen molar-refractivity contribution < 1.29 is 4.74 Å². The number of aromatic nitrogens is 3. The Morgan fingerprint density at radius 2 is 1.48 bits per heavy atom. The lowest BCUT2D eigenvalue weighted by atomic mass is 10.1. The quantitative estimate of drug-likeness (QED) is 0.494. The van der Waals surface area contributed by atoms with Crippen molar-refractivity contribution in [1.29, 1.82) is 0 Å². The molecule has 1 N–H and O–H groups in total. The summed E-state index contributed by atoms with van der Waals surface area (Å²) in [6.45, 7) is 3.85. The monoisotopic (exact) mass is 463 g/mol. The molecule has 3 heterocycles. The molecule has 166 valence electrons. The van der Waals surface area contributed by atoms with Gasteiger partial charge in [-0.15, -0.1) is 0 Å². The molecule has 2 fully saturated rings. The van der Waals surface area contributed by atoms with Gasteiger partial charge in [-0.1, -0.05) is 23.2 Å². The molecule has 0 amide bonds. The van der Waals surface area contributed by atoms with E-state index in [0.717, 1.165) is 51.9 Å². The molecule has 0 radical (unpaired) electrons. The molecule has 1 aromatic carbocycles. The Morgan fingerprint density at radius 3 is 2.03 bits per heavy atom. The number of nitrogens with one attached hydrogen (secondary N) is 1. The van der Waals surface area contributed by atoms with Gasteiger partial charge in [-0.25, -0.2) is 5.43 Å². The molecular formula is C21H27Cl2N7O. The standard InChI is InChI=1S/C21H27Cl2N7O/c1-31-18-15(12-16(22)13-17(18)23)14-24-28-19-25-20(29-8-4-2-5-9-29)27-21(26-19)30-10-6-3-7-11-30/h12-14H,2-11H2,1H3,(H,25,26,27,28)/b24-14+. The summed E-state index contributed by atoms with van der Waals surface area (Å²) in [5.41, 5.74) is 3.62. The topological polar surface area (TPSA) is 78.8 Å². The number of halogens is 2. The van der Waals surface area contributed by atoms with Crippen LogP contribution in [0, 0.1) is 0 Å². The van der Waals surface area contributed by atoms with E-state index in [0.29, 0.717) is 39.2 Å². The molecule has 0 aliphatic carbocycles. The molecule has 2 aliphatic rings. The molecule has 0 saturated carbocycles. The maximum absolute atomic E-state index is 6.21. The second kappa shape index (κ2) is 10.3. The van der Waals surface area contributed by atoms with E-state index in [4.69, 9.17) is 32.9 Å². The average Bonchev–Trinajstić information content (AvgIpc) is 2.80. The van der Waals surface area contributed by atoms with Crippen LogP contribution in [0.1, 0.15) is 44.1 Å². The van der Waals surface area contributed by atoms with E-state index in [-0.39, 0.29) is 0 Å². The first kappa shape index (κ1) is 21.9. The largest absolute Gasteiger partial charge is 0.495 e. The number of anilines is 3. The number of benzene rings is 1. The number of rotatable bonds is 6. The Morgan fingerprint density at radius 1 is 0.903 bits per heavy atom. The molecule has 0 unspecified atom stereocenters. The van der Waals surface area contributed by atoms with Gasteiger partial charge in [0.05, 0.1) is 18.3 Å². The van der Waals surface area contributed by atoms with Crippen molar-refractivity contribution in [3.8, 4) is 5.75 Å². The first-order valence-corrected chi connectivity index (χ1v) is 11.5. The summed E-state index contributed by atoms with van der Waals surface area (Å²) in [7, 11) is 1.56. The van der Waals surface area contributed by atoms with Gasteiger partial charge in [0.1, 0.15) is 5.75 Å². The van der Waals surface area contributed by atoms with Crippen molar-refractivity contribution in [2.24, 2.45) is 5.10 Å². The van der Waals surface area contributed by atoms with Crippen LogP contribution >= 0.6 is 23.2 Å². The van der Waals surface area contributed by atoms with Gasteiger partial charge in [-0.05, 0) is 50.7 Å². The fraction of sp³-hybridized carbons (Fsp3) is 0.524. The van der Waals surface area contributed by atoms with E-state index in [1.54, 1.807) is 25.5 Å². The summed E-state index contributed by atoms with van der Waals surface area (Å²) in [5.74, 6) is 2.34. The van der Waals surface area contributed by atoms with E-state index in [2.05, 4.69) is 30.3 Å². The zero-order valence-corrected chi connectivity index (χ0v) is 19.2.